The van der Waals surface area contributed by atoms with Gasteiger partial charge in [0.05, 0.1) is 5.41 Å². The van der Waals surface area contributed by atoms with E-state index in [1.807, 2.05) is 36.4 Å². The van der Waals surface area contributed by atoms with Crippen LogP contribution in [-0.4, -0.2) is 17.7 Å². The topological polar surface area (TPSA) is 72.5 Å². The SMILES string of the molecule is C[C@@]1(C(=O)c2ccc(Br)cc2)[C@H]2c3cc(Br)ccc3OC(=O)[C@@]21C(=O)NCc1ccccc1. The first kappa shape index (κ1) is 22.0. The molecule has 0 saturated heterocycles. The normalized spacial score (nSPS) is 24.8. The Morgan fingerprint density at radius 2 is 1.64 bits per heavy atom. The van der Waals surface area contributed by atoms with Crippen LogP contribution in [-0.2, 0) is 16.1 Å². The van der Waals surface area contributed by atoms with Crippen molar-refractivity contribution in [1.29, 1.82) is 0 Å². The second kappa shape index (κ2) is 7.92. The molecule has 166 valence electrons. The molecule has 3 aromatic carbocycles. The fourth-order valence-corrected chi connectivity index (χ4v) is 5.74. The second-order valence-corrected chi connectivity index (χ2v) is 10.4. The van der Waals surface area contributed by atoms with E-state index in [-0.39, 0.29) is 12.3 Å². The first-order valence-corrected chi connectivity index (χ1v) is 12.0. The molecule has 1 fully saturated rings. The van der Waals surface area contributed by atoms with E-state index in [9.17, 15) is 14.4 Å². The number of ether oxygens (including phenoxy) is 1. The molecule has 3 atom stereocenters. The Morgan fingerprint density at radius 1 is 0.970 bits per heavy atom. The van der Waals surface area contributed by atoms with Crippen molar-refractivity contribution in [2.24, 2.45) is 10.8 Å². The predicted molar refractivity (Wildman–Crippen MR) is 130 cm³/mol. The number of hydrogen-bond donors (Lipinski definition) is 1. The number of esters is 1. The van der Waals surface area contributed by atoms with Crippen molar-refractivity contribution in [2.45, 2.75) is 19.4 Å². The van der Waals surface area contributed by atoms with Crippen molar-refractivity contribution < 1.29 is 19.1 Å². The number of hydrogen-bond acceptors (Lipinski definition) is 4. The van der Waals surface area contributed by atoms with Crippen LogP contribution in [0.25, 0.3) is 0 Å². The van der Waals surface area contributed by atoms with Gasteiger partial charge < -0.3 is 10.1 Å². The molecule has 5 rings (SSSR count). The maximum Gasteiger partial charge on any atom is 0.328 e. The van der Waals surface area contributed by atoms with Gasteiger partial charge in [-0.3, -0.25) is 14.4 Å². The molecule has 0 unspecified atom stereocenters. The van der Waals surface area contributed by atoms with Crippen molar-refractivity contribution in [2.75, 3.05) is 0 Å². The third kappa shape index (κ3) is 3.21. The molecule has 1 aliphatic heterocycles. The summed E-state index contributed by atoms with van der Waals surface area (Å²) in [7, 11) is 0. The van der Waals surface area contributed by atoms with Crippen molar-refractivity contribution in [3.8, 4) is 5.75 Å². The highest BCUT2D eigenvalue weighted by Gasteiger charge is 2.88. The molecule has 7 heteroatoms. The van der Waals surface area contributed by atoms with Gasteiger partial charge in [0.1, 0.15) is 5.75 Å². The highest BCUT2D eigenvalue weighted by molar-refractivity contribution is 9.10. The van der Waals surface area contributed by atoms with Gasteiger partial charge in [0.2, 0.25) is 5.91 Å². The average Bonchev–Trinajstić information content (AvgIpc) is 3.42. The summed E-state index contributed by atoms with van der Waals surface area (Å²) in [6.07, 6.45) is 0. The molecule has 0 spiro atoms. The average molecular weight is 569 g/mol. The van der Waals surface area contributed by atoms with E-state index < -0.39 is 28.6 Å². The van der Waals surface area contributed by atoms with Gasteiger partial charge in [-0.05, 0) is 42.8 Å². The van der Waals surface area contributed by atoms with Crippen LogP contribution in [0.5, 0.6) is 5.75 Å². The third-order valence-electron chi connectivity index (χ3n) is 6.79. The lowest BCUT2D eigenvalue weighted by Crippen LogP contribution is -2.45. The molecular formula is C26H19Br2NO4. The van der Waals surface area contributed by atoms with Crippen molar-refractivity contribution in [3.63, 3.8) is 0 Å². The van der Waals surface area contributed by atoms with Gasteiger partial charge in [-0.25, -0.2) is 0 Å². The Balaban J connectivity index is 1.59. The van der Waals surface area contributed by atoms with Crippen LogP contribution < -0.4 is 10.1 Å². The van der Waals surface area contributed by atoms with Crippen LogP contribution in [0, 0.1) is 10.8 Å². The Hall–Kier alpha value is -2.77. The lowest BCUT2D eigenvalue weighted by Gasteiger charge is -2.23. The number of halogens is 2. The highest BCUT2D eigenvalue weighted by atomic mass is 79.9. The third-order valence-corrected chi connectivity index (χ3v) is 7.81. The summed E-state index contributed by atoms with van der Waals surface area (Å²) in [4.78, 5) is 40.9. The number of ketones is 1. The zero-order valence-electron chi connectivity index (χ0n) is 17.6. The van der Waals surface area contributed by atoms with E-state index in [1.165, 1.54) is 0 Å². The number of amides is 1. The van der Waals surface area contributed by atoms with Crippen LogP contribution in [0.1, 0.15) is 34.3 Å². The molecule has 0 aromatic heterocycles. The van der Waals surface area contributed by atoms with Crippen LogP contribution in [0.4, 0.5) is 0 Å². The van der Waals surface area contributed by atoms with E-state index in [0.29, 0.717) is 16.9 Å². The van der Waals surface area contributed by atoms with Crippen molar-refractivity contribution in [3.05, 3.63) is 98.4 Å². The van der Waals surface area contributed by atoms with Crippen LogP contribution in [0.15, 0.2) is 81.7 Å². The fraction of sp³-hybridized carbons (Fsp3) is 0.192. The van der Waals surface area contributed by atoms with E-state index >= 15 is 0 Å². The molecule has 2 aliphatic rings. The predicted octanol–water partition coefficient (Wildman–Crippen LogP) is 5.42. The quantitative estimate of drug-likeness (QED) is 0.193. The smallest absolute Gasteiger partial charge is 0.328 e. The standard InChI is InChI=1S/C26H19Br2NO4/c1-25(22(30)16-7-9-17(27)10-8-16)21-19-13-18(28)11-12-20(19)33-24(32)26(21,25)23(31)29-14-15-5-3-2-4-6-15/h2-13,21H,14H2,1H3,(H,29,31)/t21-,25+,26+/m1/s1. The first-order valence-electron chi connectivity index (χ1n) is 10.4. The minimum absolute atomic E-state index is 0.245. The number of carbonyl (C=O) groups is 3. The van der Waals surface area contributed by atoms with E-state index in [2.05, 4.69) is 37.2 Å². The monoisotopic (exact) mass is 567 g/mol. The molecule has 1 heterocycles. The Labute approximate surface area is 207 Å². The molecule has 0 radical (unpaired) electrons. The highest BCUT2D eigenvalue weighted by Crippen LogP contribution is 2.78. The lowest BCUT2D eigenvalue weighted by atomic mass is 9.86. The molecule has 1 saturated carbocycles. The molecule has 33 heavy (non-hydrogen) atoms. The summed E-state index contributed by atoms with van der Waals surface area (Å²) >= 11 is 6.85. The Morgan fingerprint density at radius 3 is 2.33 bits per heavy atom. The molecule has 0 bridgehead atoms. The molecule has 5 nitrogen and oxygen atoms in total. The number of nitrogens with one attached hydrogen (secondary N) is 1. The van der Waals surface area contributed by atoms with Gasteiger partial charge >= 0.3 is 5.97 Å². The minimum atomic E-state index is -1.64. The maximum absolute atomic E-state index is 13.8. The second-order valence-electron chi connectivity index (χ2n) is 8.52. The number of fused-ring (bicyclic) bond motifs is 3. The first-order chi connectivity index (χ1) is 15.8. The number of Topliss-reactive ketones (excluding diaryl/α,β-unsaturated/α-hetero) is 1. The van der Waals surface area contributed by atoms with Crippen molar-refractivity contribution in [1.82, 2.24) is 5.32 Å². The van der Waals surface area contributed by atoms with Gasteiger partial charge in [0.25, 0.3) is 0 Å². The molecule has 1 amide bonds. The van der Waals surface area contributed by atoms with Crippen LogP contribution >= 0.6 is 31.9 Å². The van der Waals surface area contributed by atoms with Gasteiger partial charge in [-0.2, -0.15) is 0 Å². The summed E-state index contributed by atoms with van der Waals surface area (Å²) in [6, 6.07) is 21.6. The van der Waals surface area contributed by atoms with Gasteiger partial charge in [0.15, 0.2) is 11.2 Å². The van der Waals surface area contributed by atoms with E-state index in [1.54, 1.807) is 43.3 Å². The summed E-state index contributed by atoms with van der Waals surface area (Å²) in [5, 5.41) is 2.89. The molecular weight excluding hydrogens is 550 g/mol. The number of carbonyl (C=O) groups excluding carboxylic acids is 3. The Bertz CT molecular complexity index is 1290. The Kier molecular flexibility index (Phi) is 5.29. The van der Waals surface area contributed by atoms with Gasteiger partial charge in [-0.15, -0.1) is 0 Å². The summed E-state index contributed by atoms with van der Waals surface area (Å²) in [5.41, 5.74) is -0.918. The molecule has 1 aliphatic carbocycles. The van der Waals surface area contributed by atoms with Crippen LogP contribution in [0.2, 0.25) is 0 Å². The van der Waals surface area contributed by atoms with E-state index in [0.717, 1.165) is 14.5 Å². The molecule has 1 N–H and O–H groups in total. The largest absolute Gasteiger partial charge is 0.425 e. The summed E-state index contributed by atoms with van der Waals surface area (Å²) < 4.78 is 7.25. The van der Waals surface area contributed by atoms with Gasteiger partial charge in [-0.1, -0.05) is 74.3 Å². The lowest BCUT2D eigenvalue weighted by molar-refractivity contribution is -0.149. The molecule has 3 aromatic rings. The summed E-state index contributed by atoms with van der Waals surface area (Å²) in [5.74, 6) is -1.71. The van der Waals surface area contributed by atoms with Crippen LogP contribution in [0.3, 0.4) is 0 Å². The van der Waals surface area contributed by atoms with Gasteiger partial charge in [0, 0.05) is 32.5 Å². The van der Waals surface area contributed by atoms with Crippen molar-refractivity contribution >= 4 is 49.5 Å². The van der Waals surface area contributed by atoms with E-state index in [4.69, 9.17) is 4.74 Å². The number of benzene rings is 3. The maximum atomic E-state index is 13.8. The number of rotatable bonds is 5. The fourth-order valence-electron chi connectivity index (χ4n) is 5.10. The zero-order chi connectivity index (χ0) is 23.4. The summed E-state index contributed by atoms with van der Waals surface area (Å²) in [6.45, 7) is 1.94. The minimum Gasteiger partial charge on any atom is -0.425 e. The zero-order valence-corrected chi connectivity index (χ0v) is 20.8.